The number of rotatable bonds is 4. The van der Waals surface area contributed by atoms with Crippen LogP contribution in [0.4, 0.5) is 11.8 Å². The van der Waals surface area contributed by atoms with E-state index in [0.29, 0.717) is 11.6 Å². The van der Waals surface area contributed by atoms with Gasteiger partial charge in [0.05, 0.1) is 11.4 Å². The average molecular weight is 353 g/mol. The number of carbonyl (C=O) groups is 2. The van der Waals surface area contributed by atoms with Crippen molar-refractivity contribution in [3.05, 3.63) is 30.1 Å². The smallest absolute Gasteiger partial charge is 0.248 e. The summed E-state index contributed by atoms with van der Waals surface area (Å²) in [5.74, 6) is 0.807. The Bertz CT molecular complexity index is 974. The highest BCUT2D eigenvalue weighted by molar-refractivity contribution is 6.06. The van der Waals surface area contributed by atoms with Crippen molar-refractivity contribution in [3.63, 3.8) is 0 Å². The van der Waals surface area contributed by atoms with E-state index < -0.39 is 5.92 Å². The van der Waals surface area contributed by atoms with Gasteiger partial charge in [-0.2, -0.15) is 10.1 Å². The van der Waals surface area contributed by atoms with Crippen molar-refractivity contribution >= 4 is 34.5 Å². The van der Waals surface area contributed by atoms with Crippen LogP contribution in [0.15, 0.2) is 24.3 Å². The van der Waals surface area contributed by atoms with Crippen LogP contribution in [-0.4, -0.2) is 43.7 Å². The molecule has 26 heavy (non-hydrogen) atoms. The van der Waals surface area contributed by atoms with Crippen LogP contribution < -0.4 is 10.2 Å². The number of benzene rings is 1. The van der Waals surface area contributed by atoms with Crippen molar-refractivity contribution in [2.24, 2.45) is 5.92 Å². The minimum atomic E-state index is -0.473. The molecule has 2 aromatic heterocycles. The maximum absolute atomic E-state index is 12.5. The molecular weight excluding hydrogens is 334 g/mol. The highest BCUT2D eigenvalue weighted by Crippen LogP contribution is 2.30. The van der Waals surface area contributed by atoms with Gasteiger partial charge in [-0.05, 0) is 12.1 Å². The molecule has 0 saturated carbocycles. The van der Waals surface area contributed by atoms with Crippen LogP contribution in [0.25, 0.3) is 10.9 Å². The second kappa shape index (κ2) is 6.25. The first kappa shape index (κ1) is 16.2. The molecule has 3 aromatic rings. The molecule has 134 valence electrons. The fraction of sp³-hybridized carbons (Fsp3) is 0.353. The Labute approximate surface area is 149 Å². The second-order valence-electron chi connectivity index (χ2n) is 6.69. The Kier molecular flexibility index (Phi) is 3.90. The van der Waals surface area contributed by atoms with E-state index >= 15 is 0 Å². The molecule has 0 aliphatic carbocycles. The number of para-hydroxylation sites is 1. The number of fused-ring (bicyclic) bond motifs is 1. The number of hydrogen-bond acceptors (Lipinski definition) is 5. The van der Waals surface area contributed by atoms with Gasteiger partial charge in [-0.1, -0.05) is 26.0 Å². The topological polar surface area (TPSA) is 120 Å². The van der Waals surface area contributed by atoms with Gasteiger partial charge in [-0.15, -0.1) is 5.10 Å². The number of carbonyl (C=O) groups excluding carboxylic acids is 2. The standard InChI is InChI=1S/C17H19N7O2/c1-9(2)14-18-17(23-21-14)19-16(26)10-7-13(25)24(8-10)15-11-5-3-4-6-12(11)20-22-15/h3-6,9-10H,7-8H2,1-2H3,(H,20,22)(H2,18,19,21,23,26). The summed E-state index contributed by atoms with van der Waals surface area (Å²) in [7, 11) is 0. The number of anilines is 2. The summed E-state index contributed by atoms with van der Waals surface area (Å²) in [5.41, 5.74) is 0.852. The highest BCUT2D eigenvalue weighted by Gasteiger charge is 2.37. The number of H-pyrrole nitrogens is 2. The predicted octanol–water partition coefficient (Wildman–Crippen LogP) is 1.80. The van der Waals surface area contributed by atoms with Crippen LogP contribution in [-0.2, 0) is 9.59 Å². The van der Waals surface area contributed by atoms with Gasteiger partial charge < -0.3 is 0 Å². The van der Waals surface area contributed by atoms with Crippen molar-refractivity contribution < 1.29 is 9.59 Å². The number of hydrogen-bond donors (Lipinski definition) is 3. The van der Waals surface area contributed by atoms with E-state index in [9.17, 15) is 9.59 Å². The Balaban J connectivity index is 1.49. The molecule has 3 heterocycles. The molecule has 1 atom stereocenters. The minimum Gasteiger partial charge on any atom is -0.294 e. The lowest BCUT2D eigenvalue weighted by Crippen LogP contribution is -2.28. The molecule has 1 aliphatic heterocycles. The lowest BCUT2D eigenvalue weighted by atomic mass is 10.1. The summed E-state index contributed by atoms with van der Waals surface area (Å²) in [5, 5.41) is 17.5. The highest BCUT2D eigenvalue weighted by atomic mass is 16.2. The van der Waals surface area contributed by atoms with Crippen LogP contribution in [0.2, 0.25) is 0 Å². The third-order valence-electron chi connectivity index (χ3n) is 4.49. The molecule has 1 saturated heterocycles. The average Bonchev–Trinajstić information content (AvgIpc) is 3.32. The zero-order valence-electron chi connectivity index (χ0n) is 14.5. The summed E-state index contributed by atoms with van der Waals surface area (Å²) in [6.45, 7) is 4.24. The molecule has 9 heteroatoms. The van der Waals surface area contributed by atoms with Crippen LogP contribution in [0.1, 0.15) is 32.0 Å². The number of aromatic nitrogens is 5. The van der Waals surface area contributed by atoms with Gasteiger partial charge in [0, 0.05) is 24.3 Å². The van der Waals surface area contributed by atoms with E-state index in [-0.39, 0.29) is 36.6 Å². The molecule has 3 N–H and O–H groups in total. The SMILES string of the molecule is CC(C)c1nc(NC(=O)C2CC(=O)N(c3n[nH]c4ccccc34)C2)n[nH]1. The molecule has 4 rings (SSSR count). The lowest BCUT2D eigenvalue weighted by Gasteiger charge is -2.13. The van der Waals surface area contributed by atoms with Crippen molar-refractivity contribution in [3.8, 4) is 0 Å². The summed E-state index contributed by atoms with van der Waals surface area (Å²) >= 11 is 0. The van der Waals surface area contributed by atoms with Gasteiger partial charge in [0.2, 0.25) is 17.8 Å². The summed E-state index contributed by atoms with van der Waals surface area (Å²) in [6.07, 6.45) is 0.133. The number of nitrogens with zero attached hydrogens (tertiary/aromatic N) is 4. The molecule has 9 nitrogen and oxygen atoms in total. The zero-order chi connectivity index (χ0) is 18.3. The predicted molar refractivity (Wildman–Crippen MR) is 95.7 cm³/mol. The summed E-state index contributed by atoms with van der Waals surface area (Å²) < 4.78 is 0. The van der Waals surface area contributed by atoms with Gasteiger partial charge in [-0.25, -0.2) is 0 Å². The maximum Gasteiger partial charge on any atom is 0.248 e. The van der Waals surface area contributed by atoms with Crippen molar-refractivity contribution in [2.75, 3.05) is 16.8 Å². The first-order chi connectivity index (χ1) is 12.5. The molecule has 1 fully saturated rings. The number of aromatic amines is 2. The van der Waals surface area contributed by atoms with Crippen LogP contribution in [0.5, 0.6) is 0 Å². The van der Waals surface area contributed by atoms with E-state index in [0.717, 1.165) is 10.9 Å². The summed E-state index contributed by atoms with van der Waals surface area (Å²) in [4.78, 5) is 30.7. The molecule has 0 spiro atoms. The Morgan fingerprint density at radius 2 is 2.08 bits per heavy atom. The Hall–Kier alpha value is -3.23. The second-order valence-corrected chi connectivity index (χ2v) is 6.69. The van der Waals surface area contributed by atoms with Crippen LogP contribution >= 0.6 is 0 Å². The molecule has 1 aliphatic rings. The molecular formula is C17H19N7O2. The van der Waals surface area contributed by atoms with E-state index in [4.69, 9.17) is 0 Å². The van der Waals surface area contributed by atoms with E-state index in [1.54, 1.807) is 4.90 Å². The molecule has 1 aromatic carbocycles. The van der Waals surface area contributed by atoms with Gasteiger partial charge in [0.15, 0.2) is 5.82 Å². The van der Waals surface area contributed by atoms with Crippen LogP contribution in [0.3, 0.4) is 0 Å². The quantitative estimate of drug-likeness (QED) is 0.660. The fourth-order valence-electron chi connectivity index (χ4n) is 3.04. The third kappa shape index (κ3) is 2.81. The van der Waals surface area contributed by atoms with Gasteiger partial charge >= 0.3 is 0 Å². The number of nitrogens with one attached hydrogen (secondary N) is 3. The first-order valence-electron chi connectivity index (χ1n) is 8.49. The van der Waals surface area contributed by atoms with Gasteiger partial charge in [-0.3, -0.25) is 30.0 Å². The van der Waals surface area contributed by atoms with Gasteiger partial charge in [0.25, 0.3) is 0 Å². The maximum atomic E-state index is 12.5. The number of amides is 2. The van der Waals surface area contributed by atoms with Gasteiger partial charge in [0.1, 0.15) is 5.82 Å². The van der Waals surface area contributed by atoms with E-state index in [1.165, 1.54) is 0 Å². The van der Waals surface area contributed by atoms with E-state index in [2.05, 4.69) is 30.7 Å². The van der Waals surface area contributed by atoms with E-state index in [1.807, 2.05) is 38.1 Å². The largest absolute Gasteiger partial charge is 0.294 e. The summed E-state index contributed by atoms with van der Waals surface area (Å²) in [6, 6.07) is 7.58. The van der Waals surface area contributed by atoms with Crippen molar-refractivity contribution in [1.82, 2.24) is 25.4 Å². The fourth-order valence-corrected chi connectivity index (χ4v) is 3.04. The minimum absolute atomic E-state index is 0.125. The molecule has 1 unspecified atom stereocenters. The molecule has 2 amide bonds. The monoisotopic (exact) mass is 353 g/mol. The normalized spacial score (nSPS) is 17.4. The Morgan fingerprint density at radius 1 is 1.27 bits per heavy atom. The van der Waals surface area contributed by atoms with Crippen LogP contribution in [0, 0.1) is 5.92 Å². The third-order valence-corrected chi connectivity index (χ3v) is 4.49. The Morgan fingerprint density at radius 3 is 2.85 bits per heavy atom. The van der Waals surface area contributed by atoms with Crippen molar-refractivity contribution in [1.29, 1.82) is 0 Å². The zero-order valence-corrected chi connectivity index (χ0v) is 14.5. The molecule has 0 radical (unpaired) electrons. The lowest BCUT2D eigenvalue weighted by molar-refractivity contribution is -0.122. The molecule has 0 bridgehead atoms. The first-order valence-corrected chi connectivity index (χ1v) is 8.49. The van der Waals surface area contributed by atoms with Crippen molar-refractivity contribution in [2.45, 2.75) is 26.2 Å².